The number of amides is 2. The van der Waals surface area contributed by atoms with Crippen LogP contribution in [0.3, 0.4) is 0 Å². The average molecular weight is 358 g/mol. The number of carboxylic acid groups (broad SMARTS) is 1. The van der Waals surface area contributed by atoms with Gasteiger partial charge in [-0.25, -0.2) is 4.79 Å². The molecule has 0 radical (unpaired) electrons. The van der Waals surface area contributed by atoms with Crippen molar-refractivity contribution in [1.82, 2.24) is 9.80 Å². The summed E-state index contributed by atoms with van der Waals surface area (Å²) in [5.74, 6) is -1.27. The Labute approximate surface area is 149 Å². The molecule has 0 saturated carbocycles. The molecule has 25 heavy (non-hydrogen) atoms. The minimum atomic E-state index is -1.06. The Kier molecular flexibility index (Phi) is 4.85. The van der Waals surface area contributed by atoms with Gasteiger partial charge in [0.2, 0.25) is 0 Å². The van der Waals surface area contributed by atoms with Crippen LogP contribution in [0.1, 0.15) is 35.3 Å². The molecule has 0 aliphatic carbocycles. The van der Waals surface area contributed by atoms with Gasteiger partial charge in [-0.2, -0.15) is 0 Å². The molecule has 1 aliphatic rings. The summed E-state index contributed by atoms with van der Waals surface area (Å²) in [5.41, 5.74) is 0.446. The summed E-state index contributed by atoms with van der Waals surface area (Å²) in [6, 6.07) is 9.77. The second kappa shape index (κ2) is 7.06. The molecule has 6 nitrogen and oxygen atoms in total. The maximum absolute atomic E-state index is 12.6. The number of aryl methyl sites for hydroxylation is 1. The number of carbonyl (C=O) groups is 3. The summed E-state index contributed by atoms with van der Waals surface area (Å²) >= 11 is 1.47. The first kappa shape index (κ1) is 17.2. The summed E-state index contributed by atoms with van der Waals surface area (Å²) in [6.07, 6.45) is 0. The number of hydrogen-bond acceptors (Lipinski definition) is 4. The first-order chi connectivity index (χ1) is 12.0. The lowest BCUT2D eigenvalue weighted by Crippen LogP contribution is -2.50. The van der Waals surface area contributed by atoms with Crippen LogP contribution < -0.4 is 0 Å². The Morgan fingerprint density at radius 3 is 2.08 bits per heavy atom. The van der Waals surface area contributed by atoms with Crippen molar-refractivity contribution in [3.05, 3.63) is 57.3 Å². The third kappa shape index (κ3) is 3.71. The van der Waals surface area contributed by atoms with Crippen LogP contribution in [0.2, 0.25) is 0 Å². The highest BCUT2D eigenvalue weighted by molar-refractivity contribution is 7.13. The van der Waals surface area contributed by atoms with Gasteiger partial charge in [-0.3, -0.25) is 9.59 Å². The second-order valence-electron chi connectivity index (χ2n) is 5.88. The van der Waals surface area contributed by atoms with E-state index in [4.69, 9.17) is 5.11 Å². The van der Waals surface area contributed by atoms with Crippen molar-refractivity contribution in [2.24, 2.45) is 0 Å². The van der Waals surface area contributed by atoms with E-state index in [9.17, 15) is 14.4 Å². The lowest BCUT2D eigenvalue weighted by Gasteiger charge is -2.34. The maximum Gasteiger partial charge on any atom is 0.335 e. The molecule has 1 aromatic heterocycles. The second-order valence-corrected chi connectivity index (χ2v) is 7.17. The predicted molar refractivity (Wildman–Crippen MR) is 94.3 cm³/mol. The third-order valence-corrected chi connectivity index (χ3v) is 5.15. The van der Waals surface area contributed by atoms with Gasteiger partial charge in [-0.15, -0.1) is 11.3 Å². The Bertz CT molecular complexity index is 822. The van der Waals surface area contributed by atoms with Gasteiger partial charge in [0.25, 0.3) is 11.8 Å². The number of thiophene rings is 1. The highest BCUT2D eigenvalue weighted by atomic mass is 32.1. The van der Waals surface area contributed by atoms with E-state index < -0.39 is 5.97 Å². The van der Waals surface area contributed by atoms with Crippen LogP contribution in [-0.2, 0) is 0 Å². The number of nitrogens with zero attached hydrogens (tertiary/aromatic N) is 2. The largest absolute Gasteiger partial charge is 0.478 e. The van der Waals surface area contributed by atoms with E-state index in [0.717, 1.165) is 4.88 Å². The molecule has 1 aliphatic heterocycles. The van der Waals surface area contributed by atoms with Gasteiger partial charge in [0, 0.05) is 36.6 Å². The van der Waals surface area contributed by atoms with Gasteiger partial charge >= 0.3 is 5.97 Å². The summed E-state index contributed by atoms with van der Waals surface area (Å²) in [5, 5.41) is 9.04. The van der Waals surface area contributed by atoms with E-state index >= 15 is 0 Å². The molecule has 2 aromatic rings. The van der Waals surface area contributed by atoms with Crippen LogP contribution in [0.4, 0.5) is 0 Å². The Hall–Kier alpha value is -2.67. The SMILES string of the molecule is Cc1ccc(C(=O)N2CCN(C(=O)c3cccc(C(=O)O)c3)CC2)s1. The first-order valence-corrected chi connectivity index (χ1v) is 8.75. The summed E-state index contributed by atoms with van der Waals surface area (Å²) in [6.45, 7) is 3.78. The summed E-state index contributed by atoms with van der Waals surface area (Å²) < 4.78 is 0. The van der Waals surface area contributed by atoms with Crippen LogP contribution in [0, 0.1) is 6.92 Å². The van der Waals surface area contributed by atoms with E-state index in [0.29, 0.717) is 36.6 Å². The van der Waals surface area contributed by atoms with Crippen molar-refractivity contribution in [2.45, 2.75) is 6.92 Å². The van der Waals surface area contributed by atoms with E-state index in [1.807, 2.05) is 19.1 Å². The van der Waals surface area contributed by atoms with Crippen LogP contribution in [-0.4, -0.2) is 58.9 Å². The molecule has 0 atom stereocenters. The highest BCUT2D eigenvalue weighted by Crippen LogP contribution is 2.19. The van der Waals surface area contributed by atoms with Crippen molar-refractivity contribution in [1.29, 1.82) is 0 Å². The fourth-order valence-corrected chi connectivity index (χ4v) is 3.62. The lowest BCUT2D eigenvalue weighted by molar-refractivity contribution is 0.0538. The summed E-state index contributed by atoms with van der Waals surface area (Å²) in [7, 11) is 0. The van der Waals surface area contributed by atoms with Crippen LogP contribution in [0.25, 0.3) is 0 Å². The number of hydrogen-bond donors (Lipinski definition) is 1. The fraction of sp³-hybridized carbons (Fsp3) is 0.278. The number of piperazine rings is 1. The standard InChI is InChI=1S/C18H18N2O4S/c1-12-5-6-15(25-12)17(22)20-9-7-19(8-10-20)16(21)13-3-2-4-14(11-13)18(23)24/h2-6,11H,7-10H2,1H3,(H,23,24). The molecular formula is C18H18N2O4S. The predicted octanol–water partition coefficient (Wildman–Crippen LogP) is 2.35. The molecule has 1 N–H and O–H groups in total. The van der Waals surface area contributed by atoms with Crippen LogP contribution >= 0.6 is 11.3 Å². The Balaban J connectivity index is 1.64. The summed E-state index contributed by atoms with van der Waals surface area (Å²) in [4.78, 5) is 41.3. The van der Waals surface area contributed by atoms with E-state index in [1.54, 1.807) is 21.9 Å². The van der Waals surface area contributed by atoms with Gasteiger partial charge in [0.15, 0.2) is 0 Å². The molecule has 2 amide bonds. The molecule has 0 spiro atoms. The highest BCUT2D eigenvalue weighted by Gasteiger charge is 2.26. The molecule has 130 valence electrons. The molecule has 1 aromatic carbocycles. The van der Waals surface area contributed by atoms with Crippen molar-refractivity contribution in [2.75, 3.05) is 26.2 Å². The fourth-order valence-electron chi connectivity index (χ4n) is 2.79. The van der Waals surface area contributed by atoms with Gasteiger partial charge in [-0.1, -0.05) is 6.07 Å². The van der Waals surface area contributed by atoms with Crippen molar-refractivity contribution in [3.63, 3.8) is 0 Å². The zero-order valence-electron chi connectivity index (χ0n) is 13.8. The first-order valence-electron chi connectivity index (χ1n) is 7.94. The third-order valence-electron chi connectivity index (χ3n) is 4.16. The number of carboxylic acids is 1. The number of aromatic carboxylic acids is 1. The monoisotopic (exact) mass is 358 g/mol. The number of benzene rings is 1. The smallest absolute Gasteiger partial charge is 0.335 e. The van der Waals surface area contributed by atoms with Gasteiger partial charge in [-0.05, 0) is 37.3 Å². The number of rotatable bonds is 3. The topological polar surface area (TPSA) is 77.9 Å². The van der Waals surface area contributed by atoms with Crippen molar-refractivity contribution >= 4 is 29.1 Å². The average Bonchev–Trinajstić information content (AvgIpc) is 3.07. The molecule has 3 rings (SSSR count). The molecule has 0 bridgehead atoms. The Morgan fingerprint density at radius 2 is 1.52 bits per heavy atom. The van der Waals surface area contributed by atoms with Gasteiger partial charge < -0.3 is 14.9 Å². The Morgan fingerprint density at radius 1 is 0.920 bits per heavy atom. The van der Waals surface area contributed by atoms with E-state index in [1.165, 1.54) is 23.5 Å². The molecule has 1 saturated heterocycles. The van der Waals surface area contributed by atoms with Gasteiger partial charge in [0.05, 0.1) is 10.4 Å². The van der Waals surface area contributed by atoms with E-state index in [2.05, 4.69) is 0 Å². The zero-order valence-corrected chi connectivity index (χ0v) is 14.6. The normalized spacial score (nSPS) is 14.4. The molecule has 1 fully saturated rings. The van der Waals surface area contributed by atoms with Crippen molar-refractivity contribution < 1.29 is 19.5 Å². The molecular weight excluding hydrogens is 340 g/mol. The molecule has 7 heteroatoms. The quantitative estimate of drug-likeness (QED) is 0.914. The minimum absolute atomic E-state index is 0.00178. The van der Waals surface area contributed by atoms with Crippen LogP contribution in [0.15, 0.2) is 36.4 Å². The van der Waals surface area contributed by atoms with Gasteiger partial charge in [0.1, 0.15) is 0 Å². The lowest BCUT2D eigenvalue weighted by atomic mass is 10.1. The minimum Gasteiger partial charge on any atom is -0.478 e. The maximum atomic E-state index is 12.6. The number of carbonyl (C=O) groups excluding carboxylic acids is 2. The molecule has 2 heterocycles. The molecule has 0 unspecified atom stereocenters. The van der Waals surface area contributed by atoms with Crippen LogP contribution in [0.5, 0.6) is 0 Å². The van der Waals surface area contributed by atoms with E-state index in [-0.39, 0.29) is 17.4 Å². The van der Waals surface area contributed by atoms with Crippen molar-refractivity contribution in [3.8, 4) is 0 Å². The zero-order chi connectivity index (χ0) is 18.0.